The molecule has 19 heavy (non-hydrogen) atoms. The Morgan fingerprint density at radius 2 is 2.21 bits per heavy atom. The molecule has 104 valence electrons. The molecule has 0 saturated heterocycles. The maximum atomic E-state index is 11.3. The lowest BCUT2D eigenvalue weighted by Crippen LogP contribution is -2.27. The summed E-state index contributed by atoms with van der Waals surface area (Å²) in [5.74, 6) is -0.0145. The Hall–Kier alpha value is -1.22. The SMILES string of the molecule is Cc1c(CC(C)(C)C(=O)O)cc(Cl)c2c1CCCO2. The van der Waals surface area contributed by atoms with Gasteiger partial charge in [0, 0.05) is 0 Å². The van der Waals surface area contributed by atoms with Crippen LogP contribution in [0.25, 0.3) is 0 Å². The van der Waals surface area contributed by atoms with Gasteiger partial charge in [0.25, 0.3) is 0 Å². The fourth-order valence-electron chi connectivity index (χ4n) is 2.45. The predicted octanol–water partition coefficient (Wildman–Crippen LogP) is 3.63. The first kappa shape index (κ1) is 14.2. The zero-order valence-corrected chi connectivity index (χ0v) is 12.3. The average Bonchev–Trinajstić information content (AvgIpc) is 2.35. The second-order valence-corrected chi connectivity index (χ2v) is 6.18. The van der Waals surface area contributed by atoms with Crippen molar-refractivity contribution in [3.8, 4) is 5.75 Å². The molecule has 1 aromatic carbocycles. The molecular weight excluding hydrogens is 264 g/mol. The zero-order chi connectivity index (χ0) is 14.2. The van der Waals surface area contributed by atoms with Gasteiger partial charge in [-0.15, -0.1) is 0 Å². The molecule has 2 rings (SSSR count). The third-order valence-corrected chi connectivity index (χ3v) is 4.04. The van der Waals surface area contributed by atoms with Gasteiger partial charge in [0.1, 0.15) is 5.75 Å². The summed E-state index contributed by atoms with van der Waals surface area (Å²) in [5, 5.41) is 9.84. The van der Waals surface area contributed by atoms with E-state index in [9.17, 15) is 9.90 Å². The van der Waals surface area contributed by atoms with E-state index >= 15 is 0 Å². The number of carboxylic acids is 1. The van der Waals surface area contributed by atoms with Gasteiger partial charge in [-0.2, -0.15) is 0 Å². The Labute approximate surface area is 118 Å². The topological polar surface area (TPSA) is 46.5 Å². The highest BCUT2D eigenvalue weighted by Gasteiger charge is 2.29. The van der Waals surface area contributed by atoms with E-state index in [0.29, 0.717) is 18.1 Å². The Balaban J connectivity index is 2.43. The van der Waals surface area contributed by atoms with Gasteiger partial charge in [0.05, 0.1) is 17.0 Å². The van der Waals surface area contributed by atoms with E-state index in [1.165, 1.54) is 0 Å². The minimum Gasteiger partial charge on any atom is -0.492 e. The van der Waals surface area contributed by atoms with Crippen LogP contribution in [0.3, 0.4) is 0 Å². The molecule has 0 bridgehead atoms. The number of carboxylic acid groups (broad SMARTS) is 1. The molecule has 1 N–H and O–H groups in total. The van der Waals surface area contributed by atoms with Crippen LogP contribution in [0, 0.1) is 12.3 Å². The number of carbonyl (C=O) groups is 1. The van der Waals surface area contributed by atoms with Crippen molar-refractivity contribution in [2.24, 2.45) is 5.41 Å². The molecule has 0 fully saturated rings. The van der Waals surface area contributed by atoms with Crippen molar-refractivity contribution in [3.63, 3.8) is 0 Å². The van der Waals surface area contributed by atoms with Gasteiger partial charge in [-0.05, 0) is 62.8 Å². The average molecular weight is 283 g/mol. The van der Waals surface area contributed by atoms with Crippen LogP contribution in [0.15, 0.2) is 6.07 Å². The fraction of sp³-hybridized carbons (Fsp3) is 0.533. The predicted molar refractivity (Wildman–Crippen MR) is 75.1 cm³/mol. The summed E-state index contributed by atoms with van der Waals surface area (Å²) < 4.78 is 5.62. The van der Waals surface area contributed by atoms with Crippen LogP contribution in [0.1, 0.15) is 37.0 Å². The Bertz CT molecular complexity index is 521. The molecule has 1 aliphatic heterocycles. The molecular formula is C15H19ClO3. The van der Waals surface area contributed by atoms with Crippen LogP contribution in [-0.4, -0.2) is 17.7 Å². The lowest BCUT2D eigenvalue weighted by Gasteiger charge is -2.25. The van der Waals surface area contributed by atoms with Gasteiger partial charge in [-0.25, -0.2) is 0 Å². The summed E-state index contributed by atoms with van der Waals surface area (Å²) in [7, 11) is 0. The van der Waals surface area contributed by atoms with Crippen LogP contribution in [0.2, 0.25) is 5.02 Å². The van der Waals surface area contributed by atoms with Crippen LogP contribution < -0.4 is 4.74 Å². The standard InChI is InChI=1S/C15H19ClO3/c1-9-10(8-15(2,3)14(17)18)7-12(16)13-11(9)5-4-6-19-13/h7H,4-6,8H2,1-3H3,(H,17,18). The van der Waals surface area contributed by atoms with Crippen molar-refractivity contribution in [2.45, 2.75) is 40.0 Å². The highest BCUT2D eigenvalue weighted by molar-refractivity contribution is 6.32. The van der Waals surface area contributed by atoms with Crippen LogP contribution in [0.5, 0.6) is 5.75 Å². The first-order chi connectivity index (χ1) is 8.83. The molecule has 4 heteroatoms. The third kappa shape index (κ3) is 2.71. The van der Waals surface area contributed by atoms with Gasteiger partial charge in [0.15, 0.2) is 0 Å². The first-order valence-electron chi connectivity index (χ1n) is 6.50. The van der Waals surface area contributed by atoms with Gasteiger partial charge in [-0.1, -0.05) is 11.6 Å². The van der Waals surface area contributed by atoms with E-state index in [-0.39, 0.29) is 0 Å². The van der Waals surface area contributed by atoms with Crippen molar-refractivity contribution >= 4 is 17.6 Å². The van der Waals surface area contributed by atoms with E-state index < -0.39 is 11.4 Å². The number of benzene rings is 1. The van der Waals surface area contributed by atoms with Gasteiger partial charge in [0.2, 0.25) is 0 Å². The normalized spacial score (nSPS) is 14.7. The fourth-order valence-corrected chi connectivity index (χ4v) is 2.75. The van der Waals surface area contributed by atoms with E-state index in [0.717, 1.165) is 35.3 Å². The summed E-state index contributed by atoms with van der Waals surface area (Å²) in [5.41, 5.74) is 2.46. The Kier molecular flexibility index (Phi) is 3.77. The summed E-state index contributed by atoms with van der Waals surface area (Å²) in [4.78, 5) is 11.3. The molecule has 0 radical (unpaired) electrons. The molecule has 1 heterocycles. The quantitative estimate of drug-likeness (QED) is 0.921. The number of halogens is 1. The molecule has 0 unspecified atom stereocenters. The highest BCUT2D eigenvalue weighted by atomic mass is 35.5. The van der Waals surface area contributed by atoms with Crippen molar-refractivity contribution in [1.82, 2.24) is 0 Å². The number of ether oxygens (including phenoxy) is 1. The molecule has 0 aliphatic carbocycles. The summed E-state index contributed by atoms with van der Waals surface area (Å²) in [6.07, 6.45) is 2.40. The van der Waals surface area contributed by atoms with Crippen LogP contribution in [0.4, 0.5) is 0 Å². The van der Waals surface area contributed by atoms with Crippen LogP contribution >= 0.6 is 11.6 Å². The molecule has 0 saturated carbocycles. The lowest BCUT2D eigenvalue weighted by atomic mass is 9.83. The summed E-state index contributed by atoms with van der Waals surface area (Å²) in [6.45, 7) is 6.19. The molecule has 3 nitrogen and oxygen atoms in total. The van der Waals surface area contributed by atoms with E-state index in [2.05, 4.69) is 0 Å². The van der Waals surface area contributed by atoms with E-state index in [4.69, 9.17) is 16.3 Å². The Morgan fingerprint density at radius 1 is 1.53 bits per heavy atom. The lowest BCUT2D eigenvalue weighted by molar-refractivity contribution is -0.146. The maximum Gasteiger partial charge on any atom is 0.309 e. The summed E-state index contributed by atoms with van der Waals surface area (Å²) >= 11 is 6.26. The zero-order valence-electron chi connectivity index (χ0n) is 11.5. The van der Waals surface area contributed by atoms with Crippen molar-refractivity contribution in [3.05, 3.63) is 27.8 Å². The minimum absolute atomic E-state index is 0.473. The first-order valence-corrected chi connectivity index (χ1v) is 6.88. The molecule has 0 aromatic heterocycles. The van der Waals surface area contributed by atoms with Gasteiger partial charge >= 0.3 is 5.97 Å². The van der Waals surface area contributed by atoms with Crippen LogP contribution in [-0.2, 0) is 17.6 Å². The third-order valence-electron chi connectivity index (χ3n) is 3.76. The molecule has 0 amide bonds. The van der Waals surface area contributed by atoms with Crippen molar-refractivity contribution in [1.29, 1.82) is 0 Å². The van der Waals surface area contributed by atoms with E-state index in [1.807, 2.05) is 13.0 Å². The monoisotopic (exact) mass is 282 g/mol. The number of rotatable bonds is 3. The second kappa shape index (κ2) is 5.04. The summed E-state index contributed by atoms with van der Waals surface area (Å²) in [6, 6.07) is 1.85. The molecule has 1 aliphatic rings. The maximum absolute atomic E-state index is 11.3. The molecule has 1 aromatic rings. The van der Waals surface area contributed by atoms with Crippen molar-refractivity contribution in [2.75, 3.05) is 6.61 Å². The molecule has 0 atom stereocenters. The smallest absolute Gasteiger partial charge is 0.309 e. The Morgan fingerprint density at radius 3 is 2.84 bits per heavy atom. The number of fused-ring (bicyclic) bond motifs is 1. The second-order valence-electron chi connectivity index (χ2n) is 5.77. The minimum atomic E-state index is -0.794. The largest absolute Gasteiger partial charge is 0.492 e. The number of hydrogen-bond acceptors (Lipinski definition) is 2. The van der Waals surface area contributed by atoms with Crippen molar-refractivity contribution < 1.29 is 14.6 Å². The number of hydrogen-bond donors (Lipinski definition) is 1. The highest BCUT2D eigenvalue weighted by Crippen LogP contribution is 2.38. The number of aliphatic carboxylic acids is 1. The molecule has 0 spiro atoms. The van der Waals surface area contributed by atoms with Gasteiger partial charge < -0.3 is 9.84 Å². The van der Waals surface area contributed by atoms with Gasteiger partial charge in [-0.3, -0.25) is 4.79 Å². The van der Waals surface area contributed by atoms with E-state index in [1.54, 1.807) is 13.8 Å².